The van der Waals surface area contributed by atoms with Gasteiger partial charge in [-0.2, -0.15) is 0 Å². The van der Waals surface area contributed by atoms with Gasteiger partial charge in [-0.1, -0.05) is 30.3 Å². The van der Waals surface area contributed by atoms with Crippen LogP contribution in [0.4, 0.5) is 0 Å². The molecule has 0 spiro atoms. The number of aliphatic carboxylic acids is 1. The first kappa shape index (κ1) is 16.1. The van der Waals surface area contributed by atoms with Crippen LogP contribution < -0.4 is 5.43 Å². The summed E-state index contributed by atoms with van der Waals surface area (Å²) in [4.78, 5) is 43.9. The summed E-state index contributed by atoms with van der Waals surface area (Å²) in [6, 6.07) is 8.93. The number of hydrogen-bond donors (Lipinski definition) is 2. The molecule has 2 amide bonds. The van der Waals surface area contributed by atoms with Crippen LogP contribution in [0, 0.1) is 0 Å². The van der Waals surface area contributed by atoms with Gasteiger partial charge < -0.3 is 5.11 Å². The fraction of sp³-hybridized carbons (Fsp3) is 0.143. The van der Waals surface area contributed by atoms with E-state index in [9.17, 15) is 19.2 Å². The van der Waals surface area contributed by atoms with Gasteiger partial charge in [0.25, 0.3) is 5.91 Å². The molecule has 0 bridgehead atoms. The van der Waals surface area contributed by atoms with Crippen LogP contribution in [0.15, 0.2) is 36.4 Å². The summed E-state index contributed by atoms with van der Waals surface area (Å²) in [7, 11) is 0. The summed E-state index contributed by atoms with van der Waals surface area (Å²) in [5, 5.41) is 9.15. The summed E-state index contributed by atoms with van der Waals surface area (Å²) in [6.45, 7) is -0.497. The molecule has 0 atom stereocenters. The molecule has 1 rings (SSSR count). The van der Waals surface area contributed by atoms with Crippen LogP contribution in [0.5, 0.6) is 0 Å². The SMILES string of the molecule is O=[C]CN(NC(=O)CC(=O)O)C(=O)C=Cc1ccccc1. The predicted octanol–water partition coefficient (Wildman–Crippen LogP) is 0.144. The molecule has 0 saturated heterocycles. The largest absolute Gasteiger partial charge is 0.481 e. The first-order chi connectivity index (χ1) is 10.0. The van der Waals surface area contributed by atoms with Crippen LogP contribution in [0.1, 0.15) is 12.0 Å². The topological polar surface area (TPSA) is 104 Å². The highest BCUT2D eigenvalue weighted by Crippen LogP contribution is 2.01. The van der Waals surface area contributed by atoms with Crippen molar-refractivity contribution in [1.82, 2.24) is 10.4 Å². The third kappa shape index (κ3) is 6.15. The number of amides is 2. The lowest BCUT2D eigenvalue weighted by molar-refractivity contribution is -0.144. The molecular formula is C14H13N2O5. The average molecular weight is 289 g/mol. The van der Waals surface area contributed by atoms with Crippen LogP contribution in [-0.2, 0) is 19.2 Å². The van der Waals surface area contributed by atoms with Crippen molar-refractivity contribution in [3.8, 4) is 0 Å². The van der Waals surface area contributed by atoms with Gasteiger partial charge in [-0.25, -0.2) is 5.01 Å². The summed E-state index contributed by atoms with van der Waals surface area (Å²) < 4.78 is 0. The smallest absolute Gasteiger partial charge is 0.312 e. The number of carboxylic acid groups (broad SMARTS) is 1. The molecule has 0 heterocycles. The molecule has 7 heteroatoms. The number of benzene rings is 1. The molecule has 0 aliphatic heterocycles. The summed E-state index contributed by atoms with van der Waals surface area (Å²) >= 11 is 0. The molecule has 2 N–H and O–H groups in total. The Bertz CT molecular complexity index is 554. The van der Waals surface area contributed by atoms with E-state index in [-0.39, 0.29) is 0 Å². The van der Waals surface area contributed by atoms with Crippen molar-refractivity contribution in [3.63, 3.8) is 0 Å². The molecule has 0 aliphatic rings. The highest BCUT2D eigenvalue weighted by Gasteiger charge is 2.15. The number of carbonyl (C=O) groups is 3. The monoisotopic (exact) mass is 289 g/mol. The minimum Gasteiger partial charge on any atom is -0.481 e. The number of nitrogens with zero attached hydrogens (tertiary/aromatic N) is 1. The fourth-order valence-corrected chi connectivity index (χ4v) is 1.39. The number of nitrogens with one attached hydrogen (secondary N) is 1. The van der Waals surface area contributed by atoms with Gasteiger partial charge in [0.2, 0.25) is 12.2 Å². The van der Waals surface area contributed by atoms with E-state index in [1.54, 1.807) is 24.3 Å². The quantitative estimate of drug-likeness (QED) is 0.440. The number of rotatable bonds is 6. The zero-order chi connectivity index (χ0) is 15.7. The minimum atomic E-state index is -1.34. The Morgan fingerprint density at radius 2 is 1.90 bits per heavy atom. The van der Waals surface area contributed by atoms with Crippen LogP contribution in [0.2, 0.25) is 0 Å². The van der Waals surface area contributed by atoms with E-state index in [4.69, 9.17) is 5.11 Å². The van der Waals surface area contributed by atoms with Gasteiger partial charge in [0, 0.05) is 6.08 Å². The third-order valence-corrected chi connectivity index (χ3v) is 2.28. The van der Waals surface area contributed by atoms with Crippen molar-refractivity contribution in [2.75, 3.05) is 6.54 Å². The van der Waals surface area contributed by atoms with E-state index in [0.717, 1.165) is 11.6 Å². The van der Waals surface area contributed by atoms with Crippen molar-refractivity contribution in [2.24, 2.45) is 0 Å². The summed E-state index contributed by atoms with van der Waals surface area (Å²) in [5.41, 5.74) is 2.80. The van der Waals surface area contributed by atoms with Crippen molar-refractivity contribution in [3.05, 3.63) is 42.0 Å². The standard InChI is InChI=1S/C14H13N2O5/c17-9-8-16(15-12(18)10-14(20)21)13(19)7-6-11-4-2-1-3-5-11/h1-7H,8,10H2,(H,15,18)(H,20,21). The van der Waals surface area contributed by atoms with E-state index in [0.29, 0.717) is 5.01 Å². The lowest BCUT2D eigenvalue weighted by atomic mass is 10.2. The van der Waals surface area contributed by atoms with Crippen molar-refractivity contribution < 1.29 is 24.3 Å². The van der Waals surface area contributed by atoms with Gasteiger partial charge >= 0.3 is 5.97 Å². The van der Waals surface area contributed by atoms with Crippen LogP contribution >= 0.6 is 0 Å². The number of hydrogen-bond acceptors (Lipinski definition) is 4. The van der Waals surface area contributed by atoms with E-state index >= 15 is 0 Å². The lowest BCUT2D eigenvalue weighted by Gasteiger charge is -2.18. The Hall–Kier alpha value is -2.96. The predicted molar refractivity (Wildman–Crippen MR) is 73.3 cm³/mol. The average Bonchev–Trinajstić information content (AvgIpc) is 2.44. The van der Waals surface area contributed by atoms with Crippen LogP contribution in [0.25, 0.3) is 6.08 Å². The van der Waals surface area contributed by atoms with E-state index in [2.05, 4.69) is 0 Å². The van der Waals surface area contributed by atoms with Gasteiger partial charge in [0.15, 0.2) is 0 Å². The molecule has 0 aromatic heterocycles. The Labute approximate surface area is 120 Å². The zero-order valence-electron chi connectivity index (χ0n) is 11.0. The Kier molecular flexibility index (Phi) is 6.33. The van der Waals surface area contributed by atoms with Gasteiger partial charge in [-0.15, -0.1) is 0 Å². The second kappa shape index (κ2) is 8.26. The molecule has 1 radical (unpaired) electrons. The van der Waals surface area contributed by atoms with Gasteiger partial charge in [0.1, 0.15) is 13.0 Å². The van der Waals surface area contributed by atoms with Gasteiger partial charge in [-0.05, 0) is 11.6 Å². The maximum absolute atomic E-state index is 11.8. The van der Waals surface area contributed by atoms with Gasteiger partial charge in [-0.3, -0.25) is 24.6 Å². The highest BCUT2D eigenvalue weighted by molar-refractivity contribution is 5.97. The number of carboxylic acids is 1. The molecule has 109 valence electrons. The summed E-state index contributed by atoms with van der Waals surface area (Å²) in [5.74, 6) is -2.91. The minimum absolute atomic E-state index is 0.497. The van der Waals surface area contributed by atoms with E-state index < -0.39 is 30.7 Å². The van der Waals surface area contributed by atoms with Gasteiger partial charge in [0.05, 0.1) is 0 Å². The molecule has 0 unspecified atom stereocenters. The second-order valence-corrected chi connectivity index (χ2v) is 3.92. The second-order valence-electron chi connectivity index (χ2n) is 3.92. The fourth-order valence-electron chi connectivity index (χ4n) is 1.39. The number of carbonyl (C=O) groups excluding carboxylic acids is 3. The van der Waals surface area contributed by atoms with Crippen molar-refractivity contribution in [2.45, 2.75) is 6.42 Å². The molecule has 7 nitrogen and oxygen atoms in total. The molecule has 1 aromatic rings. The highest BCUT2D eigenvalue weighted by atomic mass is 16.4. The van der Waals surface area contributed by atoms with E-state index in [1.165, 1.54) is 12.4 Å². The maximum Gasteiger partial charge on any atom is 0.312 e. The molecule has 1 aromatic carbocycles. The molecule has 0 aliphatic carbocycles. The van der Waals surface area contributed by atoms with E-state index in [1.807, 2.05) is 11.5 Å². The molecule has 0 saturated carbocycles. The lowest BCUT2D eigenvalue weighted by Crippen LogP contribution is -2.46. The first-order valence-electron chi connectivity index (χ1n) is 5.94. The Balaban J connectivity index is 2.69. The van der Waals surface area contributed by atoms with Crippen molar-refractivity contribution >= 4 is 30.1 Å². The van der Waals surface area contributed by atoms with Crippen molar-refractivity contribution in [1.29, 1.82) is 0 Å². The molecule has 21 heavy (non-hydrogen) atoms. The number of hydrazine groups is 1. The Morgan fingerprint density at radius 1 is 1.24 bits per heavy atom. The first-order valence-corrected chi connectivity index (χ1v) is 5.94. The normalized spacial score (nSPS) is 10.1. The van der Waals surface area contributed by atoms with Crippen LogP contribution in [0.3, 0.4) is 0 Å². The third-order valence-electron chi connectivity index (χ3n) is 2.28. The molecule has 0 fully saturated rings. The Morgan fingerprint density at radius 3 is 2.48 bits per heavy atom. The van der Waals surface area contributed by atoms with Crippen LogP contribution in [-0.4, -0.2) is 40.7 Å². The molecular weight excluding hydrogens is 276 g/mol. The maximum atomic E-state index is 11.8. The summed E-state index contributed by atoms with van der Waals surface area (Å²) in [6.07, 6.45) is 3.33. The zero-order valence-corrected chi connectivity index (χ0v) is 11.0.